The van der Waals surface area contributed by atoms with Crippen LogP contribution in [0.4, 0.5) is 11.4 Å². The number of carbonyl (C=O) groups excluding carboxylic acids is 1. The van der Waals surface area contributed by atoms with Gasteiger partial charge in [0.25, 0.3) is 0 Å². The third kappa shape index (κ3) is 5.48. The summed E-state index contributed by atoms with van der Waals surface area (Å²) in [4.78, 5) is 12.1. The van der Waals surface area contributed by atoms with E-state index >= 15 is 0 Å². The molecule has 0 bridgehead atoms. The number of carbonyl (C=O) groups is 1. The van der Waals surface area contributed by atoms with Crippen molar-refractivity contribution in [3.63, 3.8) is 0 Å². The number of aromatic nitrogens is 3. The van der Waals surface area contributed by atoms with Crippen LogP contribution in [0.3, 0.4) is 0 Å². The Kier molecular flexibility index (Phi) is 6.36. The highest BCUT2D eigenvalue weighted by atomic mass is 35.5. The summed E-state index contributed by atoms with van der Waals surface area (Å²) in [5.74, 6) is 0.919. The number of nitrogens with one attached hydrogen (secondary N) is 2. The largest absolute Gasteiger partial charge is 0.378 e. The van der Waals surface area contributed by atoms with Gasteiger partial charge in [-0.05, 0) is 37.3 Å². The van der Waals surface area contributed by atoms with Crippen molar-refractivity contribution in [3.8, 4) is 0 Å². The maximum absolute atomic E-state index is 12.1. The van der Waals surface area contributed by atoms with Gasteiger partial charge in [-0.25, -0.2) is 0 Å². The van der Waals surface area contributed by atoms with Gasteiger partial charge in [0.2, 0.25) is 5.91 Å². The molecule has 0 aliphatic carbocycles. The van der Waals surface area contributed by atoms with E-state index in [0.717, 1.165) is 11.5 Å². The van der Waals surface area contributed by atoms with Crippen molar-refractivity contribution in [1.82, 2.24) is 14.8 Å². The number of rotatable bonds is 7. The molecule has 0 aliphatic heterocycles. The molecule has 1 amide bonds. The fourth-order valence-corrected chi connectivity index (χ4v) is 3.29. The minimum absolute atomic E-state index is 0.121. The summed E-state index contributed by atoms with van der Waals surface area (Å²) in [7, 11) is 1.89. The Bertz CT molecular complexity index is 926. The van der Waals surface area contributed by atoms with Gasteiger partial charge in [-0.3, -0.25) is 4.79 Å². The molecule has 140 valence electrons. The summed E-state index contributed by atoms with van der Waals surface area (Å²) in [6, 6.07) is 15.2. The zero-order valence-corrected chi connectivity index (χ0v) is 16.6. The second-order valence-corrected chi connectivity index (χ2v) is 7.40. The molecule has 0 fully saturated rings. The zero-order chi connectivity index (χ0) is 19.2. The van der Waals surface area contributed by atoms with Gasteiger partial charge in [0.05, 0.1) is 12.3 Å². The average Bonchev–Trinajstić information content (AvgIpc) is 2.99. The molecule has 6 nitrogen and oxygen atoms in total. The SMILES string of the molecule is Cc1ccc(NCc2nnc(SCC(=O)Nc3cccc(Cl)c3)n2C)cc1. The fourth-order valence-electron chi connectivity index (χ4n) is 2.37. The number of halogens is 1. The van der Waals surface area contributed by atoms with Crippen molar-refractivity contribution in [3.05, 3.63) is 64.9 Å². The average molecular weight is 402 g/mol. The summed E-state index contributed by atoms with van der Waals surface area (Å²) in [6.45, 7) is 2.61. The summed E-state index contributed by atoms with van der Waals surface area (Å²) < 4.78 is 1.89. The monoisotopic (exact) mass is 401 g/mol. The summed E-state index contributed by atoms with van der Waals surface area (Å²) in [5.41, 5.74) is 2.92. The first-order valence-electron chi connectivity index (χ1n) is 8.38. The smallest absolute Gasteiger partial charge is 0.234 e. The Morgan fingerprint density at radius 2 is 1.93 bits per heavy atom. The van der Waals surface area contributed by atoms with Gasteiger partial charge in [0.15, 0.2) is 11.0 Å². The quantitative estimate of drug-likeness (QED) is 0.582. The first kappa shape index (κ1) is 19.3. The van der Waals surface area contributed by atoms with E-state index in [1.165, 1.54) is 17.3 Å². The van der Waals surface area contributed by atoms with Crippen molar-refractivity contribution in [1.29, 1.82) is 0 Å². The molecule has 1 aromatic heterocycles. The Labute approximate surface area is 167 Å². The van der Waals surface area contributed by atoms with Gasteiger partial charge in [0.1, 0.15) is 0 Å². The normalized spacial score (nSPS) is 10.6. The van der Waals surface area contributed by atoms with E-state index in [4.69, 9.17) is 11.6 Å². The first-order valence-corrected chi connectivity index (χ1v) is 9.74. The minimum Gasteiger partial charge on any atom is -0.378 e. The van der Waals surface area contributed by atoms with Crippen molar-refractivity contribution in [2.45, 2.75) is 18.6 Å². The lowest BCUT2D eigenvalue weighted by Gasteiger charge is -2.07. The second-order valence-electron chi connectivity index (χ2n) is 6.02. The first-order chi connectivity index (χ1) is 13.0. The number of nitrogens with zero attached hydrogens (tertiary/aromatic N) is 3. The molecule has 1 heterocycles. The number of anilines is 2. The lowest BCUT2D eigenvalue weighted by Crippen LogP contribution is -2.14. The predicted molar refractivity (Wildman–Crippen MR) is 110 cm³/mol. The molecule has 8 heteroatoms. The van der Waals surface area contributed by atoms with Crippen LogP contribution >= 0.6 is 23.4 Å². The van der Waals surface area contributed by atoms with Gasteiger partial charge in [0, 0.05) is 23.4 Å². The third-order valence-corrected chi connectivity index (χ3v) is 5.12. The number of hydrogen-bond donors (Lipinski definition) is 2. The Hall–Kier alpha value is -2.51. The molecular weight excluding hydrogens is 382 g/mol. The van der Waals surface area contributed by atoms with E-state index in [1.54, 1.807) is 24.3 Å². The second kappa shape index (κ2) is 8.92. The van der Waals surface area contributed by atoms with Crippen molar-refractivity contribution >= 4 is 40.6 Å². The van der Waals surface area contributed by atoms with Crippen LogP contribution in [-0.4, -0.2) is 26.4 Å². The third-order valence-electron chi connectivity index (χ3n) is 3.87. The molecular formula is C19H20ClN5OS. The number of thioether (sulfide) groups is 1. The van der Waals surface area contributed by atoms with Crippen LogP contribution in [0.25, 0.3) is 0 Å². The number of benzene rings is 2. The molecule has 3 rings (SSSR count). The van der Waals surface area contributed by atoms with Crippen LogP contribution in [-0.2, 0) is 18.4 Å². The maximum atomic E-state index is 12.1. The van der Waals surface area contributed by atoms with Crippen LogP contribution in [0.15, 0.2) is 53.7 Å². The summed E-state index contributed by atoms with van der Waals surface area (Å²) in [6.07, 6.45) is 0. The number of aryl methyl sites for hydroxylation is 1. The standard InChI is InChI=1S/C19H20ClN5OS/c1-13-6-8-15(9-7-13)21-11-17-23-24-19(25(17)2)27-12-18(26)22-16-5-3-4-14(20)10-16/h3-10,21H,11-12H2,1-2H3,(H,22,26). The zero-order valence-electron chi connectivity index (χ0n) is 15.1. The van der Waals surface area contributed by atoms with Crippen LogP contribution < -0.4 is 10.6 Å². The van der Waals surface area contributed by atoms with Gasteiger partial charge in [-0.2, -0.15) is 0 Å². The van der Waals surface area contributed by atoms with Crippen LogP contribution in [0.2, 0.25) is 5.02 Å². The molecule has 0 spiro atoms. The molecule has 0 saturated carbocycles. The van der Waals surface area contributed by atoms with E-state index in [0.29, 0.717) is 22.4 Å². The highest BCUT2D eigenvalue weighted by Gasteiger charge is 2.11. The molecule has 0 radical (unpaired) electrons. The molecule has 0 unspecified atom stereocenters. The van der Waals surface area contributed by atoms with E-state index < -0.39 is 0 Å². The molecule has 0 atom stereocenters. The van der Waals surface area contributed by atoms with Crippen molar-refractivity contribution in [2.75, 3.05) is 16.4 Å². The van der Waals surface area contributed by atoms with Gasteiger partial charge >= 0.3 is 0 Å². The maximum Gasteiger partial charge on any atom is 0.234 e. The molecule has 2 aromatic carbocycles. The molecule has 3 aromatic rings. The topological polar surface area (TPSA) is 71.8 Å². The fraction of sp³-hybridized carbons (Fsp3) is 0.211. The molecule has 0 aliphatic rings. The Morgan fingerprint density at radius 3 is 2.67 bits per heavy atom. The number of hydrogen-bond acceptors (Lipinski definition) is 5. The van der Waals surface area contributed by atoms with Gasteiger partial charge < -0.3 is 15.2 Å². The summed E-state index contributed by atoms with van der Waals surface area (Å²) >= 11 is 7.26. The van der Waals surface area contributed by atoms with Gasteiger partial charge in [-0.1, -0.05) is 47.1 Å². The lowest BCUT2D eigenvalue weighted by atomic mass is 10.2. The molecule has 2 N–H and O–H groups in total. The van der Waals surface area contributed by atoms with E-state index in [2.05, 4.69) is 39.9 Å². The van der Waals surface area contributed by atoms with E-state index in [-0.39, 0.29) is 11.7 Å². The van der Waals surface area contributed by atoms with Crippen LogP contribution in [0, 0.1) is 6.92 Å². The summed E-state index contributed by atoms with van der Waals surface area (Å²) in [5, 5.41) is 15.8. The predicted octanol–water partition coefficient (Wildman–Crippen LogP) is 4.12. The van der Waals surface area contributed by atoms with E-state index in [1.807, 2.05) is 23.7 Å². The van der Waals surface area contributed by atoms with E-state index in [9.17, 15) is 4.79 Å². The Morgan fingerprint density at radius 1 is 1.15 bits per heavy atom. The van der Waals surface area contributed by atoms with Gasteiger partial charge in [-0.15, -0.1) is 10.2 Å². The highest BCUT2D eigenvalue weighted by Crippen LogP contribution is 2.19. The lowest BCUT2D eigenvalue weighted by molar-refractivity contribution is -0.113. The minimum atomic E-state index is -0.121. The van der Waals surface area contributed by atoms with Crippen molar-refractivity contribution in [2.24, 2.45) is 7.05 Å². The molecule has 27 heavy (non-hydrogen) atoms. The van der Waals surface area contributed by atoms with Crippen LogP contribution in [0.1, 0.15) is 11.4 Å². The van der Waals surface area contributed by atoms with Crippen LogP contribution in [0.5, 0.6) is 0 Å². The molecule has 0 saturated heterocycles. The highest BCUT2D eigenvalue weighted by molar-refractivity contribution is 7.99. The van der Waals surface area contributed by atoms with Crippen molar-refractivity contribution < 1.29 is 4.79 Å². The number of amides is 1. The Balaban J connectivity index is 1.52.